The second kappa shape index (κ2) is 4.69. The van der Waals surface area contributed by atoms with Crippen molar-refractivity contribution in [2.75, 3.05) is 5.32 Å². The van der Waals surface area contributed by atoms with E-state index in [-0.39, 0.29) is 11.6 Å². The van der Waals surface area contributed by atoms with E-state index in [0.29, 0.717) is 6.42 Å². The molecule has 4 heteroatoms. The molecule has 2 nitrogen and oxygen atoms in total. The number of nitrogens with one attached hydrogen (secondary N) is 1. The fourth-order valence-electron chi connectivity index (χ4n) is 1.00. The molecule has 14 heavy (non-hydrogen) atoms. The molecule has 1 rings (SSSR count). The van der Waals surface area contributed by atoms with E-state index < -0.39 is 11.6 Å². The van der Waals surface area contributed by atoms with Gasteiger partial charge in [0.1, 0.15) is 11.6 Å². The van der Waals surface area contributed by atoms with E-state index in [2.05, 4.69) is 5.32 Å². The van der Waals surface area contributed by atoms with Gasteiger partial charge in [0.25, 0.3) is 0 Å². The second-order valence-corrected chi connectivity index (χ2v) is 2.76. The highest BCUT2D eigenvalue weighted by atomic mass is 19.1. The fraction of sp³-hybridized carbons (Fsp3) is 0.200. The molecule has 0 aromatic heterocycles. The number of halogens is 2. The van der Waals surface area contributed by atoms with Crippen LogP contribution in [0.5, 0.6) is 0 Å². The second-order valence-electron chi connectivity index (χ2n) is 2.76. The average molecular weight is 198 g/mol. The molecule has 1 aromatic rings. The van der Waals surface area contributed by atoms with Crippen LogP contribution in [0.25, 0.3) is 0 Å². The lowest BCUT2D eigenvalue weighted by Gasteiger charge is -2.03. The van der Waals surface area contributed by atoms with Gasteiger partial charge >= 0.3 is 0 Å². The average Bonchev–Trinajstić information content (AvgIpc) is 2.01. The summed E-state index contributed by atoms with van der Waals surface area (Å²) in [4.78, 5) is 11.0. The molecular weight excluding hydrogens is 188 g/mol. The van der Waals surface area contributed by atoms with Crippen molar-refractivity contribution in [3.05, 3.63) is 36.3 Å². The Kier molecular flexibility index (Phi) is 3.56. The Hall–Kier alpha value is -1.45. The van der Waals surface area contributed by atoms with Crippen LogP contribution in [0.1, 0.15) is 13.3 Å². The molecule has 0 unspecified atom stereocenters. The van der Waals surface area contributed by atoms with Gasteiger partial charge in [-0.15, -0.1) is 0 Å². The van der Waals surface area contributed by atoms with E-state index >= 15 is 0 Å². The summed E-state index contributed by atoms with van der Waals surface area (Å²) in [6.07, 6.45) is 1.96. The molecule has 0 atom stereocenters. The van der Waals surface area contributed by atoms with Crippen LogP contribution in [-0.4, -0.2) is 5.91 Å². The molecule has 0 spiro atoms. The van der Waals surface area contributed by atoms with Crippen LogP contribution in [0.15, 0.2) is 18.2 Å². The molecule has 0 bridgehead atoms. The van der Waals surface area contributed by atoms with E-state index in [0.717, 1.165) is 18.2 Å². The first-order chi connectivity index (χ1) is 6.61. The Labute approximate surface area is 80.9 Å². The molecular formula is C10H10F2NO. The van der Waals surface area contributed by atoms with Crippen molar-refractivity contribution in [1.82, 2.24) is 0 Å². The molecule has 1 aromatic carbocycles. The van der Waals surface area contributed by atoms with Gasteiger partial charge in [0.2, 0.25) is 5.91 Å². The lowest BCUT2D eigenvalue weighted by atomic mass is 10.2. The first kappa shape index (κ1) is 10.6. The third kappa shape index (κ3) is 3.12. The highest BCUT2D eigenvalue weighted by Crippen LogP contribution is 2.12. The van der Waals surface area contributed by atoms with E-state index in [1.54, 1.807) is 6.92 Å². The van der Waals surface area contributed by atoms with Gasteiger partial charge in [-0.1, -0.05) is 6.92 Å². The van der Waals surface area contributed by atoms with Crippen molar-refractivity contribution in [2.24, 2.45) is 0 Å². The van der Waals surface area contributed by atoms with E-state index in [9.17, 15) is 13.6 Å². The standard InChI is InChI=1S/C10H10F2NO/c1-2-3-10(14)13-9-5-7(11)4-8(12)6-9/h3-6H,2H2,1H3,(H,13,14). The first-order valence-corrected chi connectivity index (χ1v) is 4.22. The summed E-state index contributed by atoms with van der Waals surface area (Å²) < 4.78 is 25.3. The minimum absolute atomic E-state index is 0.122. The number of amides is 1. The van der Waals surface area contributed by atoms with Gasteiger partial charge < -0.3 is 5.32 Å². The monoisotopic (exact) mass is 198 g/mol. The van der Waals surface area contributed by atoms with Gasteiger partial charge in [0, 0.05) is 18.2 Å². The van der Waals surface area contributed by atoms with Crippen LogP contribution < -0.4 is 5.32 Å². The highest BCUT2D eigenvalue weighted by molar-refractivity contribution is 5.96. The van der Waals surface area contributed by atoms with Gasteiger partial charge in [-0.25, -0.2) is 8.78 Å². The molecule has 0 heterocycles. The number of benzene rings is 1. The largest absolute Gasteiger partial charge is 0.326 e. The number of carbonyl (C=O) groups excluding carboxylic acids is 1. The molecule has 0 aliphatic carbocycles. The summed E-state index contributed by atoms with van der Waals surface area (Å²) in [6.45, 7) is 1.80. The topological polar surface area (TPSA) is 29.1 Å². The Morgan fingerprint density at radius 1 is 1.36 bits per heavy atom. The minimum Gasteiger partial charge on any atom is -0.326 e. The molecule has 75 valence electrons. The van der Waals surface area contributed by atoms with Gasteiger partial charge in [-0.2, -0.15) is 0 Å². The lowest BCUT2D eigenvalue weighted by Crippen LogP contribution is -2.11. The number of rotatable bonds is 3. The van der Waals surface area contributed by atoms with Crippen LogP contribution >= 0.6 is 0 Å². The van der Waals surface area contributed by atoms with Gasteiger partial charge in [0.15, 0.2) is 0 Å². The van der Waals surface area contributed by atoms with Crippen LogP contribution in [-0.2, 0) is 4.79 Å². The summed E-state index contributed by atoms with van der Waals surface area (Å²) in [5.74, 6) is -1.79. The fourth-order valence-corrected chi connectivity index (χ4v) is 1.00. The highest BCUT2D eigenvalue weighted by Gasteiger charge is 2.04. The molecule has 0 aliphatic heterocycles. The van der Waals surface area contributed by atoms with Gasteiger partial charge in [-0.3, -0.25) is 4.79 Å². The maximum atomic E-state index is 12.7. The predicted molar refractivity (Wildman–Crippen MR) is 49.6 cm³/mol. The number of anilines is 1. The summed E-state index contributed by atoms with van der Waals surface area (Å²) in [5.41, 5.74) is 0.122. The quantitative estimate of drug-likeness (QED) is 0.794. The predicted octanol–water partition coefficient (Wildman–Crippen LogP) is 2.52. The van der Waals surface area contributed by atoms with Crippen LogP contribution in [0.4, 0.5) is 14.5 Å². The summed E-state index contributed by atoms with van der Waals surface area (Å²) in [6, 6.07) is 2.87. The molecule has 0 saturated carbocycles. The van der Waals surface area contributed by atoms with Crippen molar-refractivity contribution in [3.63, 3.8) is 0 Å². The molecule has 1 amide bonds. The normalized spacial score (nSPS) is 9.93. The number of hydrogen-bond donors (Lipinski definition) is 1. The van der Waals surface area contributed by atoms with Crippen molar-refractivity contribution < 1.29 is 13.6 Å². The summed E-state index contributed by atoms with van der Waals surface area (Å²) in [5, 5.41) is 2.35. The summed E-state index contributed by atoms with van der Waals surface area (Å²) in [7, 11) is 0. The third-order valence-corrected chi connectivity index (χ3v) is 1.52. The van der Waals surface area contributed by atoms with Crippen LogP contribution in [0, 0.1) is 18.1 Å². The molecule has 0 fully saturated rings. The zero-order valence-electron chi connectivity index (χ0n) is 7.68. The molecule has 1 radical (unpaired) electrons. The van der Waals surface area contributed by atoms with Crippen molar-refractivity contribution in [3.8, 4) is 0 Å². The molecule has 0 aliphatic rings. The zero-order valence-corrected chi connectivity index (χ0v) is 7.68. The number of hydrogen-bond acceptors (Lipinski definition) is 1. The maximum Gasteiger partial charge on any atom is 0.228 e. The van der Waals surface area contributed by atoms with E-state index in [1.807, 2.05) is 0 Å². The Bertz CT molecular complexity index is 319. The SMILES string of the molecule is CC[CH]C(=O)Nc1cc(F)cc(F)c1. The van der Waals surface area contributed by atoms with E-state index in [4.69, 9.17) is 0 Å². The van der Waals surface area contributed by atoms with Crippen LogP contribution in [0.2, 0.25) is 0 Å². The zero-order chi connectivity index (χ0) is 10.6. The first-order valence-electron chi connectivity index (χ1n) is 4.22. The maximum absolute atomic E-state index is 12.7. The molecule has 0 saturated heterocycles. The Balaban J connectivity index is 2.71. The van der Waals surface area contributed by atoms with Crippen molar-refractivity contribution in [1.29, 1.82) is 0 Å². The van der Waals surface area contributed by atoms with E-state index in [1.165, 1.54) is 6.42 Å². The van der Waals surface area contributed by atoms with Crippen LogP contribution in [0.3, 0.4) is 0 Å². The smallest absolute Gasteiger partial charge is 0.228 e. The van der Waals surface area contributed by atoms with Gasteiger partial charge in [-0.05, 0) is 18.6 Å². The Morgan fingerprint density at radius 2 is 1.93 bits per heavy atom. The number of carbonyl (C=O) groups is 1. The lowest BCUT2D eigenvalue weighted by molar-refractivity contribution is -0.113. The van der Waals surface area contributed by atoms with Crippen molar-refractivity contribution >= 4 is 11.6 Å². The molecule has 1 N–H and O–H groups in total. The summed E-state index contributed by atoms with van der Waals surface area (Å²) >= 11 is 0. The Morgan fingerprint density at radius 3 is 2.43 bits per heavy atom. The minimum atomic E-state index is -0.711. The van der Waals surface area contributed by atoms with Gasteiger partial charge in [0.05, 0.1) is 0 Å². The van der Waals surface area contributed by atoms with Crippen molar-refractivity contribution in [2.45, 2.75) is 13.3 Å². The third-order valence-electron chi connectivity index (χ3n) is 1.52.